The van der Waals surface area contributed by atoms with Crippen LogP contribution in [-0.2, 0) is 14.3 Å². The van der Waals surface area contributed by atoms with Gasteiger partial charge in [-0.1, -0.05) is 0 Å². The second-order valence-electron chi connectivity index (χ2n) is 3.30. The highest BCUT2D eigenvalue weighted by Crippen LogP contribution is 1.87. The number of nitrogens with zero attached hydrogens (tertiary/aromatic N) is 1. The fourth-order valence-corrected chi connectivity index (χ4v) is 1.02. The minimum atomic E-state index is 0.0815. The van der Waals surface area contributed by atoms with Gasteiger partial charge in [0.15, 0.2) is 0 Å². The molecule has 0 aromatic heterocycles. The first-order valence-corrected chi connectivity index (χ1v) is 5.17. The van der Waals surface area contributed by atoms with Crippen molar-refractivity contribution in [2.75, 3.05) is 54.1 Å². The molecule has 15 heavy (non-hydrogen) atoms. The summed E-state index contributed by atoms with van der Waals surface area (Å²) in [7, 11) is 5.20. The van der Waals surface area contributed by atoms with E-state index in [0.29, 0.717) is 32.9 Å². The van der Waals surface area contributed by atoms with Gasteiger partial charge in [0.05, 0.1) is 13.2 Å². The van der Waals surface area contributed by atoms with Crippen molar-refractivity contribution in [1.29, 1.82) is 0 Å². The Hall–Kier alpha value is -0.650. The van der Waals surface area contributed by atoms with Crippen LogP contribution in [0.5, 0.6) is 0 Å². The molecule has 0 unspecified atom stereocenters. The average molecular weight is 218 g/mol. The van der Waals surface area contributed by atoms with E-state index in [2.05, 4.69) is 5.32 Å². The number of carbonyl (C=O) groups excluding carboxylic acids is 1. The van der Waals surface area contributed by atoms with E-state index in [9.17, 15) is 4.79 Å². The van der Waals surface area contributed by atoms with E-state index in [1.807, 2.05) is 0 Å². The first-order valence-electron chi connectivity index (χ1n) is 5.17. The number of rotatable bonds is 9. The van der Waals surface area contributed by atoms with E-state index in [-0.39, 0.29) is 5.91 Å². The Morgan fingerprint density at radius 1 is 1.33 bits per heavy atom. The van der Waals surface area contributed by atoms with Gasteiger partial charge >= 0.3 is 0 Å². The monoisotopic (exact) mass is 218 g/mol. The van der Waals surface area contributed by atoms with Crippen LogP contribution in [0.3, 0.4) is 0 Å². The van der Waals surface area contributed by atoms with Gasteiger partial charge in [-0.05, 0) is 13.5 Å². The second-order valence-corrected chi connectivity index (χ2v) is 3.30. The molecular weight excluding hydrogens is 196 g/mol. The number of amides is 1. The van der Waals surface area contributed by atoms with Crippen molar-refractivity contribution < 1.29 is 14.3 Å². The third-order valence-corrected chi connectivity index (χ3v) is 1.96. The third kappa shape index (κ3) is 8.35. The molecule has 5 nitrogen and oxygen atoms in total. The SMILES string of the molecule is CNCC(=O)N(C)CCOCCCOC. The van der Waals surface area contributed by atoms with Gasteiger partial charge in [-0.2, -0.15) is 0 Å². The molecule has 0 saturated heterocycles. The zero-order chi connectivity index (χ0) is 11.5. The number of methoxy groups -OCH3 is 1. The summed E-state index contributed by atoms with van der Waals surface area (Å²) >= 11 is 0. The first kappa shape index (κ1) is 14.3. The fraction of sp³-hybridized carbons (Fsp3) is 0.900. The molecule has 1 N–H and O–H groups in total. The van der Waals surface area contributed by atoms with Gasteiger partial charge in [0, 0.05) is 33.9 Å². The quantitative estimate of drug-likeness (QED) is 0.541. The van der Waals surface area contributed by atoms with Crippen molar-refractivity contribution in [3.63, 3.8) is 0 Å². The summed E-state index contributed by atoms with van der Waals surface area (Å²) in [5.41, 5.74) is 0. The van der Waals surface area contributed by atoms with E-state index in [0.717, 1.165) is 6.42 Å². The summed E-state index contributed by atoms with van der Waals surface area (Å²) in [6, 6.07) is 0. The molecule has 0 bridgehead atoms. The van der Waals surface area contributed by atoms with Crippen LogP contribution in [0.25, 0.3) is 0 Å². The first-order chi connectivity index (χ1) is 7.22. The lowest BCUT2D eigenvalue weighted by atomic mass is 10.4. The average Bonchev–Trinajstić information content (AvgIpc) is 2.23. The Labute approximate surface area is 91.7 Å². The molecule has 0 radical (unpaired) electrons. The summed E-state index contributed by atoms with van der Waals surface area (Å²) < 4.78 is 10.2. The summed E-state index contributed by atoms with van der Waals surface area (Å²) in [4.78, 5) is 13.0. The molecule has 0 aliphatic rings. The minimum Gasteiger partial charge on any atom is -0.385 e. The van der Waals surface area contributed by atoms with E-state index in [1.165, 1.54) is 0 Å². The lowest BCUT2D eigenvalue weighted by molar-refractivity contribution is -0.129. The van der Waals surface area contributed by atoms with Crippen LogP contribution in [0.15, 0.2) is 0 Å². The summed E-state index contributed by atoms with van der Waals surface area (Å²) in [5.74, 6) is 0.0815. The number of ether oxygens (including phenoxy) is 2. The number of hydrogen-bond donors (Lipinski definition) is 1. The largest absolute Gasteiger partial charge is 0.385 e. The van der Waals surface area contributed by atoms with Gasteiger partial charge in [0.2, 0.25) is 5.91 Å². The normalized spacial score (nSPS) is 10.3. The van der Waals surface area contributed by atoms with Crippen molar-refractivity contribution in [2.24, 2.45) is 0 Å². The molecule has 0 aromatic rings. The maximum Gasteiger partial charge on any atom is 0.236 e. The van der Waals surface area contributed by atoms with Crippen LogP contribution in [0.4, 0.5) is 0 Å². The van der Waals surface area contributed by atoms with Gasteiger partial charge in [0.25, 0.3) is 0 Å². The number of hydrogen-bond acceptors (Lipinski definition) is 4. The standard InChI is InChI=1S/C10H22N2O3/c1-11-9-10(13)12(2)5-8-15-7-4-6-14-3/h11H,4-9H2,1-3H3. The zero-order valence-electron chi connectivity index (χ0n) is 9.91. The molecule has 90 valence electrons. The molecule has 0 fully saturated rings. The molecule has 0 aliphatic carbocycles. The van der Waals surface area contributed by atoms with E-state index < -0.39 is 0 Å². The van der Waals surface area contributed by atoms with Crippen LogP contribution < -0.4 is 5.32 Å². The van der Waals surface area contributed by atoms with Crippen LogP contribution >= 0.6 is 0 Å². The van der Waals surface area contributed by atoms with Crippen LogP contribution in [0.2, 0.25) is 0 Å². The molecule has 0 heterocycles. The molecular formula is C10H22N2O3. The van der Waals surface area contributed by atoms with Gasteiger partial charge < -0.3 is 19.7 Å². The zero-order valence-corrected chi connectivity index (χ0v) is 9.91. The fourth-order valence-electron chi connectivity index (χ4n) is 1.02. The Balaban J connectivity index is 3.30. The Morgan fingerprint density at radius 2 is 2.07 bits per heavy atom. The number of nitrogens with one attached hydrogen (secondary N) is 1. The minimum absolute atomic E-state index is 0.0815. The van der Waals surface area contributed by atoms with Crippen molar-refractivity contribution >= 4 is 5.91 Å². The second kappa shape index (κ2) is 9.89. The van der Waals surface area contributed by atoms with Gasteiger partial charge in [-0.15, -0.1) is 0 Å². The lowest BCUT2D eigenvalue weighted by Crippen LogP contribution is -2.36. The Kier molecular flexibility index (Phi) is 9.46. The summed E-state index contributed by atoms with van der Waals surface area (Å²) in [6.45, 7) is 2.99. The van der Waals surface area contributed by atoms with Gasteiger partial charge in [0.1, 0.15) is 0 Å². The topological polar surface area (TPSA) is 50.8 Å². The molecule has 0 saturated carbocycles. The predicted octanol–water partition coefficient (Wildman–Crippen LogP) is -0.283. The molecule has 0 atom stereocenters. The molecule has 1 amide bonds. The molecule has 0 spiro atoms. The third-order valence-electron chi connectivity index (χ3n) is 1.96. The van der Waals surface area contributed by atoms with Crippen molar-refractivity contribution in [2.45, 2.75) is 6.42 Å². The maximum absolute atomic E-state index is 11.3. The van der Waals surface area contributed by atoms with E-state index >= 15 is 0 Å². The van der Waals surface area contributed by atoms with Crippen molar-refractivity contribution in [1.82, 2.24) is 10.2 Å². The van der Waals surface area contributed by atoms with E-state index in [4.69, 9.17) is 9.47 Å². The highest BCUT2D eigenvalue weighted by atomic mass is 16.5. The Bertz CT molecular complexity index is 165. The molecule has 0 aliphatic heterocycles. The van der Waals surface area contributed by atoms with Crippen LogP contribution in [0, 0.1) is 0 Å². The predicted molar refractivity (Wildman–Crippen MR) is 58.9 cm³/mol. The summed E-state index contributed by atoms with van der Waals surface area (Å²) in [5, 5.41) is 2.82. The van der Waals surface area contributed by atoms with E-state index in [1.54, 1.807) is 26.1 Å². The van der Waals surface area contributed by atoms with Crippen molar-refractivity contribution in [3.8, 4) is 0 Å². The lowest BCUT2D eigenvalue weighted by Gasteiger charge is -2.16. The Morgan fingerprint density at radius 3 is 2.67 bits per heavy atom. The number of carbonyl (C=O) groups is 1. The van der Waals surface area contributed by atoms with Gasteiger partial charge in [-0.3, -0.25) is 4.79 Å². The van der Waals surface area contributed by atoms with Crippen molar-refractivity contribution in [3.05, 3.63) is 0 Å². The molecule has 5 heteroatoms. The smallest absolute Gasteiger partial charge is 0.236 e. The molecule has 0 aromatic carbocycles. The number of likely N-dealkylation sites (N-methyl/N-ethyl adjacent to an activating group) is 2. The summed E-state index contributed by atoms with van der Waals surface area (Å²) in [6.07, 6.45) is 0.894. The van der Waals surface area contributed by atoms with Crippen LogP contribution in [0.1, 0.15) is 6.42 Å². The maximum atomic E-state index is 11.3. The highest BCUT2D eigenvalue weighted by molar-refractivity contribution is 5.77. The highest BCUT2D eigenvalue weighted by Gasteiger charge is 2.05. The van der Waals surface area contributed by atoms with Gasteiger partial charge in [-0.25, -0.2) is 0 Å². The molecule has 0 rings (SSSR count). The van der Waals surface area contributed by atoms with Crippen LogP contribution in [-0.4, -0.2) is 64.9 Å².